The third-order valence-corrected chi connectivity index (χ3v) is 6.98. The molecule has 0 aliphatic carbocycles. The van der Waals surface area contributed by atoms with Crippen LogP contribution in [0.3, 0.4) is 0 Å². The number of benzene rings is 2. The number of rotatable bonds is 2. The first-order valence-corrected chi connectivity index (χ1v) is 11.3. The van der Waals surface area contributed by atoms with Gasteiger partial charge in [-0.25, -0.2) is 0 Å². The Bertz CT molecular complexity index is 1060. The number of amides is 2. The number of nitrogens with one attached hydrogen (secondary N) is 1. The molecule has 5 rings (SSSR count). The van der Waals surface area contributed by atoms with Gasteiger partial charge in [-0.1, -0.05) is 41.6 Å². The van der Waals surface area contributed by atoms with Crippen molar-refractivity contribution in [3.63, 3.8) is 0 Å². The molecule has 2 fully saturated rings. The minimum atomic E-state index is -0.503. The highest BCUT2D eigenvalue weighted by Gasteiger charge is 2.41. The van der Waals surface area contributed by atoms with E-state index in [0.29, 0.717) is 55.3 Å². The van der Waals surface area contributed by atoms with E-state index in [0.717, 1.165) is 16.0 Å². The molecule has 3 aliphatic rings. The maximum atomic E-state index is 13.0. The number of aryl methyl sites for hydroxylation is 1. The SMILES string of the molecule is Cc1cccc(C=C2Sc3ccc(C(=O)N4CCC5(CC4)OCCO5)cc3NC2=O)c1. The highest BCUT2D eigenvalue weighted by atomic mass is 32.2. The summed E-state index contributed by atoms with van der Waals surface area (Å²) in [6, 6.07) is 13.6. The third kappa shape index (κ3) is 4.13. The number of nitrogens with zero attached hydrogens (tertiary/aromatic N) is 1. The summed E-state index contributed by atoms with van der Waals surface area (Å²) in [7, 11) is 0. The Hall–Kier alpha value is -2.61. The molecule has 31 heavy (non-hydrogen) atoms. The summed E-state index contributed by atoms with van der Waals surface area (Å²) in [4.78, 5) is 29.1. The van der Waals surface area contributed by atoms with Crippen LogP contribution in [-0.2, 0) is 14.3 Å². The zero-order chi connectivity index (χ0) is 21.4. The Balaban J connectivity index is 1.31. The van der Waals surface area contributed by atoms with Crippen LogP contribution < -0.4 is 5.32 Å². The van der Waals surface area contributed by atoms with Crippen molar-refractivity contribution >= 4 is 35.3 Å². The molecule has 0 aromatic heterocycles. The van der Waals surface area contributed by atoms with Gasteiger partial charge in [-0.05, 0) is 36.8 Å². The van der Waals surface area contributed by atoms with E-state index >= 15 is 0 Å². The zero-order valence-electron chi connectivity index (χ0n) is 17.3. The average molecular weight is 437 g/mol. The van der Waals surface area contributed by atoms with Gasteiger partial charge in [0.15, 0.2) is 5.79 Å². The zero-order valence-corrected chi connectivity index (χ0v) is 18.2. The van der Waals surface area contributed by atoms with Crippen LogP contribution in [0.15, 0.2) is 52.3 Å². The Labute approximate surface area is 185 Å². The van der Waals surface area contributed by atoms with E-state index in [1.807, 2.05) is 54.3 Å². The predicted molar refractivity (Wildman–Crippen MR) is 120 cm³/mol. The minimum Gasteiger partial charge on any atom is -0.347 e. The Morgan fingerprint density at radius 2 is 1.90 bits per heavy atom. The fourth-order valence-corrected chi connectivity index (χ4v) is 5.16. The summed E-state index contributed by atoms with van der Waals surface area (Å²) in [6.45, 7) is 4.47. The maximum Gasteiger partial charge on any atom is 0.262 e. The molecule has 0 saturated carbocycles. The molecule has 3 heterocycles. The molecule has 7 heteroatoms. The van der Waals surface area contributed by atoms with Crippen molar-refractivity contribution in [2.24, 2.45) is 0 Å². The van der Waals surface area contributed by atoms with E-state index in [2.05, 4.69) is 5.32 Å². The second kappa shape index (κ2) is 8.15. The quantitative estimate of drug-likeness (QED) is 0.719. The number of hydrogen-bond donors (Lipinski definition) is 1. The molecule has 2 amide bonds. The van der Waals surface area contributed by atoms with E-state index in [4.69, 9.17) is 9.47 Å². The van der Waals surface area contributed by atoms with Gasteiger partial charge in [-0.3, -0.25) is 9.59 Å². The Kier molecular flexibility index (Phi) is 5.33. The summed E-state index contributed by atoms with van der Waals surface area (Å²) in [6.07, 6.45) is 3.26. The van der Waals surface area contributed by atoms with Gasteiger partial charge in [0.25, 0.3) is 11.8 Å². The van der Waals surface area contributed by atoms with Crippen LogP contribution in [0.25, 0.3) is 6.08 Å². The van der Waals surface area contributed by atoms with Gasteiger partial charge in [0.05, 0.1) is 23.8 Å². The molecule has 1 N–H and O–H groups in total. The monoisotopic (exact) mass is 436 g/mol. The van der Waals surface area contributed by atoms with Crippen LogP contribution in [-0.4, -0.2) is 48.8 Å². The van der Waals surface area contributed by atoms with E-state index < -0.39 is 5.79 Å². The molecular formula is C24H24N2O4S. The van der Waals surface area contributed by atoms with Gasteiger partial charge >= 0.3 is 0 Å². The fourth-order valence-electron chi connectivity index (χ4n) is 4.22. The first-order valence-electron chi connectivity index (χ1n) is 10.5. The van der Waals surface area contributed by atoms with E-state index in [9.17, 15) is 9.59 Å². The smallest absolute Gasteiger partial charge is 0.262 e. The van der Waals surface area contributed by atoms with Crippen molar-refractivity contribution < 1.29 is 19.1 Å². The Morgan fingerprint density at radius 3 is 2.65 bits per heavy atom. The number of piperidine rings is 1. The van der Waals surface area contributed by atoms with Crippen molar-refractivity contribution in [1.82, 2.24) is 4.90 Å². The summed E-state index contributed by atoms with van der Waals surface area (Å²) < 4.78 is 11.5. The molecule has 160 valence electrons. The molecule has 2 saturated heterocycles. The summed E-state index contributed by atoms with van der Waals surface area (Å²) >= 11 is 1.43. The predicted octanol–water partition coefficient (Wildman–Crippen LogP) is 4.06. The van der Waals surface area contributed by atoms with Crippen molar-refractivity contribution in [3.8, 4) is 0 Å². The lowest BCUT2D eigenvalue weighted by molar-refractivity contribution is -0.181. The molecular weight excluding hydrogens is 412 g/mol. The normalized spacial score (nSPS) is 21.3. The molecule has 1 spiro atoms. The lowest BCUT2D eigenvalue weighted by atomic mass is 10.0. The molecule has 0 atom stereocenters. The van der Waals surface area contributed by atoms with Crippen molar-refractivity contribution in [2.45, 2.75) is 30.4 Å². The first kappa shape index (κ1) is 20.3. The van der Waals surface area contributed by atoms with Gasteiger partial charge in [-0.15, -0.1) is 0 Å². The molecule has 3 aliphatic heterocycles. The van der Waals surface area contributed by atoms with Gasteiger partial charge in [0, 0.05) is 36.4 Å². The van der Waals surface area contributed by atoms with Crippen LogP contribution in [0.5, 0.6) is 0 Å². The van der Waals surface area contributed by atoms with E-state index in [-0.39, 0.29) is 11.8 Å². The summed E-state index contributed by atoms with van der Waals surface area (Å²) in [5.74, 6) is -0.688. The number of ether oxygens (including phenoxy) is 2. The number of carbonyl (C=O) groups excluding carboxylic acids is 2. The molecule has 2 aromatic rings. The highest BCUT2D eigenvalue weighted by molar-refractivity contribution is 8.04. The van der Waals surface area contributed by atoms with Gasteiger partial charge in [0.1, 0.15) is 0 Å². The number of thioether (sulfide) groups is 1. The standard InChI is InChI=1S/C24H24N2O4S/c1-16-3-2-4-17(13-16)14-21-22(27)25-19-15-18(5-6-20(19)31-21)23(28)26-9-7-24(8-10-26)29-11-12-30-24/h2-6,13-15H,7-12H2,1H3,(H,25,27). The molecule has 0 bridgehead atoms. The number of likely N-dealkylation sites (tertiary alicyclic amines) is 1. The van der Waals surface area contributed by atoms with Crippen LogP contribution in [0, 0.1) is 6.92 Å². The number of carbonyl (C=O) groups is 2. The molecule has 0 unspecified atom stereocenters. The number of hydrogen-bond acceptors (Lipinski definition) is 5. The number of anilines is 1. The first-order chi connectivity index (χ1) is 15.0. The molecule has 0 radical (unpaired) electrons. The topological polar surface area (TPSA) is 67.9 Å². The largest absolute Gasteiger partial charge is 0.347 e. The Morgan fingerprint density at radius 1 is 1.13 bits per heavy atom. The van der Waals surface area contributed by atoms with E-state index in [1.54, 1.807) is 6.07 Å². The average Bonchev–Trinajstić information content (AvgIpc) is 3.22. The summed E-state index contributed by atoms with van der Waals surface area (Å²) in [5.41, 5.74) is 3.40. The van der Waals surface area contributed by atoms with Gasteiger partial charge in [0.2, 0.25) is 0 Å². The van der Waals surface area contributed by atoms with Crippen molar-refractivity contribution in [1.29, 1.82) is 0 Å². The lowest BCUT2D eigenvalue weighted by Crippen LogP contribution is -2.47. The van der Waals surface area contributed by atoms with Crippen LogP contribution in [0.1, 0.15) is 34.3 Å². The van der Waals surface area contributed by atoms with Crippen molar-refractivity contribution in [2.75, 3.05) is 31.6 Å². The second-order valence-corrected chi connectivity index (χ2v) is 9.17. The maximum absolute atomic E-state index is 13.0. The minimum absolute atomic E-state index is 0.0315. The summed E-state index contributed by atoms with van der Waals surface area (Å²) in [5, 5.41) is 2.94. The molecule has 2 aromatic carbocycles. The van der Waals surface area contributed by atoms with Gasteiger partial charge < -0.3 is 19.7 Å². The highest BCUT2D eigenvalue weighted by Crippen LogP contribution is 2.40. The van der Waals surface area contributed by atoms with Crippen molar-refractivity contribution in [3.05, 3.63) is 64.1 Å². The number of fused-ring (bicyclic) bond motifs is 1. The van der Waals surface area contributed by atoms with Crippen LogP contribution in [0.2, 0.25) is 0 Å². The second-order valence-electron chi connectivity index (χ2n) is 8.09. The van der Waals surface area contributed by atoms with Gasteiger partial charge in [-0.2, -0.15) is 0 Å². The molecule has 6 nitrogen and oxygen atoms in total. The fraction of sp³-hybridized carbons (Fsp3) is 0.333. The lowest BCUT2D eigenvalue weighted by Gasteiger charge is -2.37. The van der Waals surface area contributed by atoms with Crippen LogP contribution >= 0.6 is 11.8 Å². The van der Waals surface area contributed by atoms with E-state index in [1.165, 1.54) is 11.8 Å². The van der Waals surface area contributed by atoms with Crippen LogP contribution in [0.4, 0.5) is 5.69 Å². The third-order valence-electron chi connectivity index (χ3n) is 5.88.